The third kappa shape index (κ3) is 4.70. The van der Waals surface area contributed by atoms with Crippen LogP contribution >= 0.6 is 15.9 Å². The van der Waals surface area contributed by atoms with Crippen LogP contribution in [0.4, 0.5) is 5.69 Å². The summed E-state index contributed by atoms with van der Waals surface area (Å²) in [7, 11) is 0. The van der Waals surface area contributed by atoms with Gasteiger partial charge in [-0.1, -0.05) is 28.1 Å². The molecule has 5 heteroatoms. The molecule has 0 radical (unpaired) electrons. The predicted molar refractivity (Wildman–Crippen MR) is 84.9 cm³/mol. The van der Waals surface area contributed by atoms with Crippen molar-refractivity contribution in [1.29, 1.82) is 0 Å². The van der Waals surface area contributed by atoms with Crippen LogP contribution in [0.5, 0.6) is 0 Å². The van der Waals surface area contributed by atoms with Gasteiger partial charge in [-0.2, -0.15) is 0 Å². The zero-order valence-corrected chi connectivity index (χ0v) is 13.5. The van der Waals surface area contributed by atoms with E-state index in [1.165, 1.54) is 0 Å². The summed E-state index contributed by atoms with van der Waals surface area (Å²) in [5.41, 5.74) is 1.72. The van der Waals surface area contributed by atoms with Crippen LogP contribution in [-0.2, 0) is 14.3 Å². The first kappa shape index (κ1) is 15.8. The van der Waals surface area contributed by atoms with Gasteiger partial charge in [-0.3, -0.25) is 9.59 Å². The minimum absolute atomic E-state index is 0.113. The molecule has 1 N–H and O–H groups in total. The van der Waals surface area contributed by atoms with Crippen molar-refractivity contribution in [3.63, 3.8) is 0 Å². The molecule has 0 saturated carbocycles. The van der Waals surface area contributed by atoms with E-state index >= 15 is 0 Å². The quantitative estimate of drug-likeness (QED) is 0.666. The summed E-state index contributed by atoms with van der Waals surface area (Å²) in [5, 5.41) is 2.72. The molecule has 1 aromatic carbocycles. The standard InChI is InChI=1S/C16H18BrNO3/c1-11-9-13(7-8-14(11)17)18-15(19)10-21-16(20)12-5-3-2-4-6-12/h2-3,7-9,12H,4-6,10H2,1H3,(H,18,19)/t12-/m1/s1. The molecule has 0 fully saturated rings. The van der Waals surface area contributed by atoms with Gasteiger partial charge in [-0.15, -0.1) is 0 Å². The van der Waals surface area contributed by atoms with Crippen molar-refractivity contribution in [2.75, 3.05) is 11.9 Å². The van der Waals surface area contributed by atoms with Gasteiger partial charge in [-0.05, 0) is 49.9 Å². The Kier molecular flexibility index (Phi) is 5.56. The number of esters is 1. The molecule has 2 rings (SSSR count). The third-order valence-corrected chi connectivity index (χ3v) is 4.28. The number of halogens is 1. The second-order valence-electron chi connectivity index (χ2n) is 5.10. The van der Waals surface area contributed by atoms with Gasteiger partial charge in [0.05, 0.1) is 5.92 Å². The molecule has 21 heavy (non-hydrogen) atoms. The number of rotatable bonds is 4. The summed E-state index contributed by atoms with van der Waals surface area (Å²) in [6.07, 6.45) is 6.44. The molecule has 1 amide bonds. The number of allylic oxidation sites excluding steroid dienone is 2. The largest absolute Gasteiger partial charge is 0.455 e. The number of carbonyl (C=O) groups is 2. The van der Waals surface area contributed by atoms with Crippen molar-refractivity contribution < 1.29 is 14.3 Å². The fourth-order valence-corrected chi connectivity index (χ4v) is 2.43. The highest BCUT2D eigenvalue weighted by Crippen LogP contribution is 2.21. The lowest BCUT2D eigenvalue weighted by molar-refractivity contribution is -0.151. The molecule has 0 heterocycles. The molecule has 0 aliphatic heterocycles. The van der Waals surface area contributed by atoms with Crippen molar-refractivity contribution in [3.05, 3.63) is 40.4 Å². The highest BCUT2D eigenvalue weighted by Gasteiger charge is 2.20. The number of anilines is 1. The summed E-state index contributed by atoms with van der Waals surface area (Å²) in [4.78, 5) is 23.6. The Labute approximate surface area is 132 Å². The van der Waals surface area contributed by atoms with Gasteiger partial charge in [0.1, 0.15) is 0 Å². The molecule has 1 aromatic rings. The molecular weight excluding hydrogens is 334 g/mol. The Morgan fingerprint density at radius 1 is 1.38 bits per heavy atom. The van der Waals surface area contributed by atoms with Crippen LogP contribution < -0.4 is 5.32 Å². The van der Waals surface area contributed by atoms with Gasteiger partial charge < -0.3 is 10.1 Å². The van der Waals surface area contributed by atoms with Crippen molar-refractivity contribution in [1.82, 2.24) is 0 Å². The summed E-state index contributed by atoms with van der Waals surface area (Å²) < 4.78 is 6.06. The average Bonchev–Trinajstić information content (AvgIpc) is 2.49. The number of amides is 1. The highest BCUT2D eigenvalue weighted by molar-refractivity contribution is 9.10. The van der Waals surface area contributed by atoms with E-state index in [0.29, 0.717) is 12.1 Å². The number of hydrogen-bond donors (Lipinski definition) is 1. The van der Waals surface area contributed by atoms with Crippen LogP contribution in [0.3, 0.4) is 0 Å². The molecule has 1 aliphatic rings. The zero-order valence-electron chi connectivity index (χ0n) is 11.9. The molecule has 0 unspecified atom stereocenters. The maximum absolute atomic E-state index is 11.8. The van der Waals surface area contributed by atoms with Gasteiger partial charge in [-0.25, -0.2) is 0 Å². The van der Waals surface area contributed by atoms with E-state index in [4.69, 9.17) is 4.74 Å². The molecule has 112 valence electrons. The Morgan fingerprint density at radius 2 is 2.19 bits per heavy atom. The van der Waals surface area contributed by atoms with E-state index < -0.39 is 0 Å². The van der Waals surface area contributed by atoms with Crippen LogP contribution in [0.25, 0.3) is 0 Å². The number of aryl methyl sites for hydroxylation is 1. The average molecular weight is 352 g/mol. The normalized spacial score (nSPS) is 17.3. The van der Waals surface area contributed by atoms with Gasteiger partial charge in [0.2, 0.25) is 0 Å². The Bertz CT molecular complexity index is 569. The molecule has 0 saturated heterocycles. The van der Waals surface area contributed by atoms with E-state index in [1.54, 1.807) is 6.07 Å². The summed E-state index contributed by atoms with van der Waals surface area (Å²) >= 11 is 3.40. The molecule has 1 aliphatic carbocycles. The number of benzene rings is 1. The second kappa shape index (κ2) is 7.41. The lowest BCUT2D eigenvalue weighted by Gasteiger charge is -2.16. The van der Waals surface area contributed by atoms with Crippen LogP contribution in [-0.4, -0.2) is 18.5 Å². The van der Waals surface area contributed by atoms with E-state index in [2.05, 4.69) is 27.3 Å². The maximum atomic E-state index is 11.8. The smallest absolute Gasteiger partial charge is 0.309 e. The van der Waals surface area contributed by atoms with E-state index in [1.807, 2.05) is 25.1 Å². The fraction of sp³-hybridized carbons (Fsp3) is 0.375. The Morgan fingerprint density at radius 3 is 2.86 bits per heavy atom. The molecule has 1 atom stereocenters. The van der Waals surface area contributed by atoms with Crippen molar-refractivity contribution >= 4 is 33.5 Å². The maximum Gasteiger partial charge on any atom is 0.309 e. The zero-order chi connectivity index (χ0) is 15.2. The lowest BCUT2D eigenvalue weighted by atomic mass is 9.95. The van der Waals surface area contributed by atoms with Gasteiger partial charge >= 0.3 is 5.97 Å². The first-order valence-corrected chi connectivity index (χ1v) is 7.73. The molecule has 4 nitrogen and oxygen atoms in total. The highest BCUT2D eigenvalue weighted by atomic mass is 79.9. The second-order valence-corrected chi connectivity index (χ2v) is 5.96. The first-order valence-electron chi connectivity index (χ1n) is 6.94. The van der Waals surface area contributed by atoms with Crippen LogP contribution in [0.15, 0.2) is 34.8 Å². The fourth-order valence-electron chi connectivity index (χ4n) is 2.18. The Balaban J connectivity index is 1.80. The van der Waals surface area contributed by atoms with E-state index in [-0.39, 0.29) is 24.4 Å². The van der Waals surface area contributed by atoms with Gasteiger partial charge in [0.25, 0.3) is 5.91 Å². The minimum Gasteiger partial charge on any atom is -0.455 e. The molecule has 0 spiro atoms. The number of hydrogen-bond acceptors (Lipinski definition) is 3. The number of nitrogens with one attached hydrogen (secondary N) is 1. The first-order chi connectivity index (χ1) is 10.1. The van der Waals surface area contributed by atoms with Gasteiger partial charge in [0, 0.05) is 10.2 Å². The Hall–Kier alpha value is -1.62. The van der Waals surface area contributed by atoms with Crippen molar-refractivity contribution in [2.45, 2.75) is 26.2 Å². The van der Waals surface area contributed by atoms with E-state index in [0.717, 1.165) is 22.9 Å². The minimum atomic E-state index is -0.323. The molecule has 0 aromatic heterocycles. The van der Waals surface area contributed by atoms with Crippen molar-refractivity contribution in [3.8, 4) is 0 Å². The van der Waals surface area contributed by atoms with Crippen molar-refractivity contribution in [2.24, 2.45) is 5.92 Å². The predicted octanol–water partition coefficient (Wildman–Crippen LogP) is 3.60. The van der Waals surface area contributed by atoms with Gasteiger partial charge in [0.15, 0.2) is 6.61 Å². The lowest BCUT2D eigenvalue weighted by Crippen LogP contribution is -2.25. The number of carbonyl (C=O) groups excluding carboxylic acids is 2. The monoisotopic (exact) mass is 351 g/mol. The van der Waals surface area contributed by atoms with Crippen LogP contribution in [0.2, 0.25) is 0 Å². The summed E-state index contributed by atoms with van der Waals surface area (Å²) in [6.45, 7) is 1.70. The topological polar surface area (TPSA) is 55.4 Å². The summed E-state index contributed by atoms with van der Waals surface area (Å²) in [5.74, 6) is -0.726. The van der Waals surface area contributed by atoms with Crippen LogP contribution in [0, 0.1) is 12.8 Å². The molecular formula is C16H18BrNO3. The molecule has 0 bridgehead atoms. The number of ether oxygens (including phenoxy) is 1. The summed E-state index contributed by atoms with van der Waals surface area (Å²) in [6, 6.07) is 5.52. The SMILES string of the molecule is Cc1cc(NC(=O)COC(=O)[C@@H]2CC=CCC2)ccc1Br. The third-order valence-electron chi connectivity index (χ3n) is 3.39. The van der Waals surface area contributed by atoms with E-state index in [9.17, 15) is 9.59 Å². The van der Waals surface area contributed by atoms with Crippen LogP contribution in [0.1, 0.15) is 24.8 Å².